The van der Waals surface area contributed by atoms with Gasteiger partial charge in [0.2, 0.25) is 0 Å². The van der Waals surface area contributed by atoms with Crippen molar-refractivity contribution >= 4 is 17.2 Å². The number of para-hydroxylation sites is 1. The van der Waals surface area contributed by atoms with Crippen LogP contribution < -0.4 is 10.1 Å². The summed E-state index contributed by atoms with van der Waals surface area (Å²) in [6.45, 7) is 1.99. The predicted molar refractivity (Wildman–Crippen MR) is 75.4 cm³/mol. The molecule has 2 atom stereocenters. The smallest absolute Gasteiger partial charge is 0.261 e. The Morgan fingerprint density at radius 1 is 1.37 bits per heavy atom. The first-order chi connectivity index (χ1) is 9.24. The highest BCUT2D eigenvalue weighted by Gasteiger charge is 2.29. The minimum Gasteiger partial charge on any atom is -0.480 e. The molecule has 3 nitrogen and oxygen atoms in total. The number of rotatable bonds is 3. The number of carbonyl (C=O) groups is 1. The summed E-state index contributed by atoms with van der Waals surface area (Å²) < 4.78 is 5.68. The lowest BCUT2D eigenvalue weighted by molar-refractivity contribution is -0.127. The van der Waals surface area contributed by atoms with Gasteiger partial charge in [-0.3, -0.25) is 4.79 Å². The van der Waals surface area contributed by atoms with Crippen LogP contribution in [0.5, 0.6) is 5.75 Å². The van der Waals surface area contributed by atoms with Crippen LogP contribution in [0.2, 0.25) is 0 Å². The van der Waals surface area contributed by atoms with Crippen LogP contribution in [0.4, 0.5) is 0 Å². The van der Waals surface area contributed by atoms with Crippen molar-refractivity contribution in [2.45, 2.75) is 25.5 Å². The number of hydrogen-bond acceptors (Lipinski definition) is 3. The lowest BCUT2D eigenvalue weighted by atomic mass is 10.1. The maximum Gasteiger partial charge on any atom is 0.261 e. The first-order valence-corrected chi connectivity index (χ1v) is 7.20. The van der Waals surface area contributed by atoms with Crippen LogP contribution in [-0.4, -0.2) is 12.0 Å². The van der Waals surface area contributed by atoms with Crippen LogP contribution in [0.15, 0.2) is 41.8 Å². The number of amides is 1. The molecule has 0 radical (unpaired) electrons. The van der Waals surface area contributed by atoms with Crippen LogP contribution >= 0.6 is 11.3 Å². The molecule has 2 aromatic rings. The van der Waals surface area contributed by atoms with Gasteiger partial charge in [0.25, 0.3) is 5.91 Å². The quantitative estimate of drug-likeness (QED) is 0.933. The van der Waals surface area contributed by atoms with Crippen molar-refractivity contribution in [3.05, 3.63) is 52.2 Å². The van der Waals surface area contributed by atoms with Gasteiger partial charge in [-0.05, 0) is 30.0 Å². The molecule has 3 rings (SSSR count). The first kappa shape index (κ1) is 12.2. The molecule has 0 aliphatic carbocycles. The van der Waals surface area contributed by atoms with Crippen molar-refractivity contribution in [2.24, 2.45) is 0 Å². The molecule has 2 heterocycles. The van der Waals surface area contributed by atoms with Gasteiger partial charge in [-0.25, -0.2) is 0 Å². The Bertz CT molecular complexity index is 555. The monoisotopic (exact) mass is 273 g/mol. The van der Waals surface area contributed by atoms with E-state index in [1.807, 2.05) is 48.7 Å². The Kier molecular flexibility index (Phi) is 3.25. The molecule has 0 saturated carbocycles. The summed E-state index contributed by atoms with van der Waals surface area (Å²) in [5.41, 5.74) is 1.10. The molecular weight excluding hydrogens is 258 g/mol. The Morgan fingerprint density at radius 3 is 2.95 bits per heavy atom. The third-order valence-electron chi connectivity index (χ3n) is 3.27. The fourth-order valence-corrected chi connectivity index (χ4v) is 2.98. The van der Waals surface area contributed by atoms with Gasteiger partial charge < -0.3 is 10.1 Å². The summed E-state index contributed by atoms with van der Waals surface area (Å²) in [7, 11) is 0. The van der Waals surface area contributed by atoms with Crippen LogP contribution in [0.25, 0.3) is 0 Å². The Hall–Kier alpha value is -1.81. The summed E-state index contributed by atoms with van der Waals surface area (Å²) >= 11 is 1.65. The molecule has 98 valence electrons. The van der Waals surface area contributed by atoms with E-state index in [0.29, 0.717) is 6.42 Å². The van der Waals surface area contributed by atoms with Crippen LogP contribution in [0.1, 0.15) is 23.4 Å². The van der Waals surface area contributed by atoms with Crippen molar-refractivity contribution in [1.29, 1.82) is 0 Å². The minimum atomic E-state index is -0.403. The second kappa shape index (κ2) is 5.05. The number of nitrogens with one attached hydrogen (secondary N) is 1. The Morgan fingerprint density at radius 2 is 2.21 bits per heavy atom. The first-order valence-electron chi connectivity index (χ1n) is 6.32. The van der Waals surface area contributed by atoms with Gasteiger partial charge >= 0.3 is 0 Å². The number of carbonyl (C=O) groups excluding carboxylic acids is 1. The summed E-state index contributed by atoms with van der Waals surface area (Å²) in [6.07, 6.45) is 0.249. The maximum absolute atomic E-state index is 12.2. The highest BCUT2D eigenvalue weighted by atomic mass is 32.1. The van der Waals surface area contributed by atoms with Crippen LogP contribution in [-0.2, 0) is 11.2 Å². The maximum atomic E-state index is 12.2. The van der Waals surface area contributed by atoms with Crippen molar-refractivity contribution in [3.8, 4) is 5.75 Å². The molecule has 19 heavy (non-hydrogen) atoms. The number of ether oxygens (including phenoxy) is 1. The molecule has 0 saturated heterocycles. The van der Waals surface area contributed by atoms with Gasteiger partial charge in [-0.2, -0.15) is 0 Å². The van der Waals surface area contributed by atoms with Crippen molar-refractivity contribution < 1.29 is 9.53 Å². The molecule has 1 aliphatic rings. The number of thiophene rings is 1. The Labute approximate surface area is 116 Å². The number of hydrogen-bond donors (Lipinski definition) is 1. The van der Waals surface area contributed by atoms with E-state index < -0.39 is 6.10 Å². The van der Waals surface area contributed by atoms with Crippen molar-refractivity contribution in [3.63, 3.8) is 0 Å². The van der Waals surface area contributed by atoms with Crippen molar-refractivity contribution in [1.82, 2.24) is 5.32 Å². The van der Waals surface area contributed by atoms with E-state index in [2.05, 4.69) is 5.32 Å². The number of fused-ring (bicyclic) bond motifs is 1. The fraction of sp³-hybridized carbons (Fsp3) is 0.267. The molecule has 1 aromatic carbocycles. The van der Waals surface area contributed by atoms with E-state index in [1.165, 1.54) is 0 Å². The normalized spacial score (nSPS) is 18.5. The zero-order valence-corrected chi connectivity index (χ0v) is 11.4. The van der Waals surface area contributed by atoms with Gasteiger partial charge in [0.15, 0.2) is 6.10 Å². The zero-order valence-electron chi connectivity index (χ0n) is 10.6. The standard InChI is InChI=1S/C15H15NO2S/c1-10(14-7-4-8-19-14)16-15(17)13-9-11-5-2-3-6-12(11)18-13/h2-8,10,13H,9H2,1H3,(H,16,17)/t10-,13-/m0/s1. The summed E-state index contributed by atoms with van der Waals surface area (Å²) in [4.78, 5) is 13.3. The molecule has 4 heteroatoms. The molecule has 0 bridgehead atoms. The van der Waals surface area contributed by atoms with Gasteiger partial charge in [-0.15, -0.1) is 11.3 Å². The van der Waals surface area contributed by atoms with Gasteiger partial charge in [0.05, 0.1) is 6.04 Å². The average Bonchev–Trinajstić information content (AvgIpc) is 3.07. The van der Waals surface area contributed by atoms with Gasteiger partial charge in [-0.1, -0.05) is 24.3 Å². The van der Waals surface area contributed by atoms with E-state index in [-0.39, 0.29) is 11.9 Å². The van der Waals surface area contributed by atoms with Gasteiger partial charge in [0, 0.05) is 11.3 Å². The molecule has 0 spiro atoms. The Balaban J connectivity index is 1.64. The molecule has 0 unspecified atom stereocenters. The van der Waals surface area contributed by atoms with E-state index >= 15 is 0 Å². The van der Waals surface area contributed by atoms with Crippen LogP contribution in [0.3, 0.4) is 0 Å². The second-order valence-corrected chi connectivity index (χ2v) is 5.64. The summed E-state index contributed by atoms with van der Waals surface area (Å²) in [6, 6.07) is 11.9. The van der Waals surface area contributed by atoms with Gasteiger partial charge in [0.1, 0.15) is 5.75 Å². The summed E-state index contributed by atoms with van der Waals surface area (Å²) in [5, 5.41) is 5.02. The average molecular weight is 273 g/mol. The molecular formula is C15H15NO2S. The van der Waals surface area contributed by atoms with E-state index in [9.17, 15) is 4.79 Å². The van der Waals surface area contributed by atoms with E-state index in [4.69, 9.17) is 4.74 Å². The third kappa shape index (κ3) is 2.49. The SMILES string of the molecule is C[C@H](NC(=O)[C@@H]1Cc2ccccc2O1)c1cccs1. The lowest BCUT2D eigenvalue weighted by Gasteiger charge is -2.16. The highest BCUT2D eigenvalue weighted by molar-refractivity contribution is 7.10. The number of benzene rings is 1. The predicted octanol–water partition coefficient (Wildman–Crippen LogP) is 2.93. The molecule has 0 fully saturated rings. The molecule has 1 aliphatic heterocycles. The van der Waals surface area contributed by atoms with Crippen molar-refractivity contribution in [2.75, 3.05) is 0 Å². The second-order valence-electron chi connectivity index (χ2n) is 4.66. The van der Waals surface area contributed by atoms with E-state index in [0.717, 1.165) is 16.2 Å². The zero-order chi connectivity index (χ0) is 13.2. The summed E-state index contributed by atoms with van der Waals surface area (Å²) in [5.74, 6) is 0.781. The highest BCUT2D eigenvalue weighted by Crippen LogP contribution is 2.28. The largest absolute Gasteiger partial charge is 0.480 e. The molecule has 1 N–H and O–H groups in total. The third-order valence-corrected chi connectivity index (χ3v) is 4.32. The molecule has 1 amide bonds. The molecule has 1 aromatic heterocycles. The van der Waals surface area contributed by atoms with Crippen LogP contribution in [0, 0.1) is 0 Å². The fourth-order valence-electron chi connectivity index (χ4n) is 2.24. The minimum absolute atomic E-state index is 0.0276. The van der Waals surface area contributed by atoms with E-state index in [1.54, 1.807) is 11.3 Å². The lowest BCUT2D eigenvalue weighted by Crippen LogP contribution is -2.38. The topological polar surface area (TPSA) is 38.3 Å².